The smallest absolute Gasteiger partial charge is 0.266 e. The van der Waals surface area contributed by atoms with Crippen LogP contribution in [0.25, 0.3) is 10.8 Å². The first-order chi connectivity index (χ1) is 26.8. The van der Waals surface area contributed by atoms with Gasteiger partial charge in [0.25, 0.3) is 13.4 Å². The minimum atomic E-state index is -0.0696. The van der Waals surface area contributed by atoms with Gasteiger partial charge in [0.1, 0.15) is 46.0 Å². The van der Waals surface area contributed by atoms with Crippen molar-refractivity contribution in [3.05, 3.63) is 146 Å². The predicted molar refractivity (Wildman–Crippen MR) is 216 cm³/mol. The summed E-state index contributed by atoms with van der Waals surface area (Å²) in [7, 11) is 0. The Labute approximate surface area is 310 Å². The van der Waals surface area contributed by atoms with E-state index < -0.39 is 0 Å². The Kier molecular flexibility index (Phi) is 4.84. The van der Waals surface area contributed by atoms with Crippen molar-refractivity contribution < 1.29 is 18.9 Å². The minimum absolute atomic E-state index is 0.0696. The summed E-state index contributed by atoms with van der Waals surface area (Å²) in [4.78, 5) is 4.80. The maximum Gasteiger partial charge on any atom is 0.266 e. The van der Waals surface area contributed by atoms with Gasteiger partial charge in [-0.05, 0) is 107 Å². The molecule has 6 aliphatic rings. The van der Waals surface area contributed by atoms with Crippen molar-refractivity contribution in [3.8, 4) is 46.0 Å². The number of ether oxygens (including phenoxy) is 4. The van der Waals surface area contributed by atoms with Crippen LogP contribution in [0.3, 0.4) is 0 Å². The van der Waals surface area contributed by atoms with Crippen molar-refractivity contribution in [2.45, 2.75) is 0 Å². The van der Waals surface area contributed by atoms with Gasteiger partial charge in [-0.25, -0.2) is 0 Å². The third kappa shape index (κ3) is 3.19. The molecule has 0 fully saturated rings. The molecule has 0 radical (unpaired) electrons. The summed E-state index contributed by atoms with van der Waals surface area (Å²) in [6.45, 7) is -0.139. The summed E-state index contributed by atoms with van der Waals surface area (Å²) in [5, 5.41) is 2.09. The number of fused-ring (bicyclic) bond motifs is 3. The van der Waals surface area contributed by atoms with Crippen LogP contribution in [0.2, 0.25) is 0 Å². The second-order valence-corrected chi connectivity index (χ2v) is 14.7. The number of anilines is 6. The molecule has 6 nitrogen and oxygen atoms in total. The zero-order valence-corrected chi connectivity index (χ0v) is 28.5. The molecule has 0 bridgehead atoms. The van der Waals surface area contributed by atoms with E-state index in [9.17, 15) is 0 Å². The first-order valence-corrected chi connectivity index (χ1v) is 18.4. The molecule has 14 rings (SSSR count). The SMILES string of the molecule is c1ccc(N2c3cccc4c3B3c5c(cccc5Oc5c3c2cc2c3c6c(cc52)Oc2cccc5c2B6c2c(cccc2N3c2ccccc2)O5)O4)cc1. The monoisotopic (exact) mass is 690 g/mol. The van der Waals surface area contributed by atoms with Crippen molar-refractivity contribution in [2.75, 3.05) is 9.80 Å². The van der Waals surface area contributed by atoms with E-state index in [2.05, 4.69) is 143 Å². The fraction of sp³-hybridized carbons (Fsp3) is 0. The van der Waals surface area contributed by atoms with Gasteiger partial charge in [-0.2, -0.15) is 0 Å². The number of hydrogen-bond acceptors (Lipinski definition) is 6. The van der Waals surface area contributed by atoms with Gasteiger partial charge in [0, 0.05) is 50.1 Å². The van der Waals surface area contributed by atoms with Crippen LogP contribution in [0.4, 0.5) is 34.1 Å². The van der Waals surface area contributed by atoms with Crippen molar-refractivity contribution >= 4 is 91.1 Å². The lowest BCUT2D eigenvalue weighted by Gasteiger charge is -2.45. The highest BCUT2D eigenvalue weighted by Gasteiger charge is 2.51. The molecular weight excluding hydrogens is 666 g/mol. The fourth-order valence-corrected chi connectivity index (χ4v) is 10.1. The van der Waals surface area contributed by atoms with Crippen LogP contribution in [-0.4, -0.2) is 13.4 Å². The second-order valence-electron chi connectivity index (χ2n) is 14.7. The van der Waals surface area contributed by atoms with Crippen LogP contribution in [0.15, 0.2) is 146 Å². The Bertz CT molecular complexity index is 3010. The quantitative estimate of drug-likeness (QED) is 0.172. The van der Waals surface area contributed by atoms with E-state index in [0.29, 0.717) is 0 Å². The normalized spacial score (nSPS) is 14.7. The van der Waals surface area contributed by atoms with E-state index in [1.54, 1.807) is 0 Å². The zero-order chi connectivity index (χ0) is 34.8. The number of hydrogen-bond donors (Lipinski definition) is 0. The molecule has 0 saturated carbocycles. The number of para-hydroxylation sites is 2. The van der Waals surface area contributed by atoms with E-state index in [1.807, 2.05) is 12.1 Å². The van der Waals surface area contributed by atoms with E-state index in [-0.39, 0.29) is 13.4 Å². The van der Waals surface area contributed by atoms with Gasteiger partial charge in [-0.1, -0.05) is 60.7 Å². The summed E-state index contributed by atoms with van der Waals surface area (Å²) in [6.07, 6.45) is 0. The third-order valence-corrected chi connectivity index (χ3v) is 12.1. The molecule has 6 heterocycles. The standard InChI is InChI=1S/C46H24B2N2O4/c1-3-11-25(12-4-1)49-29-15-7-17-32-39(29)47-41-31(49)23-27-28(46(41)54-37-22-10-20-35(51-32)43(37)47)24-38-44-45(27)50(26-13-5-2-6-14-26)30-16-8-18-33-40(30)48(44)42-34(52-33)19-9-21-36(42)53-38/h1-24H. The molecular formula is C46H24B2N2O4. The summed E-state index contributed by atoms with van der Waals surface area (Å²) >= 11 is 0. The molecule has 6 aliphatic heterocycles. The van der Waals surface area contributed by atoms with Crippen molar-refractivity contribution in [1.82, 2.24) is 0 Å². The molecule has 248 valence electrons. The Morgan fingerprint density at radius 3 is 1.43 bits per heavy atom. The van der Waals surface area contributed by atoms with Gasteiger partial charge < -0.3 is 28.7 Å². The molecule has 8 aromatic rings. The maximum atomic E-state index is 7.19. The van der Waals surface area contributed by atoms with Crippen LogP contribution in [0.5, 0.6) is 46.0 Å². The van der Waals surface area contributed by atoms with Crippen LogP contribution >= 0.6 is 0 Å². The Morgan fingerprint density at radius 1 is 0.333 bits per heavy atom. The predicted octanol–water partition coefficient (Wildman–Crippen LogP) is 7.86. The summed E-state index contributed by atoms with van der Waals surface area (Å²) in [5.41, 5.74) is 13.3. The van der Waals surface area contributed by atoms with Crippen LogP contribution in [-0.2, 0) is 0 Å². The molecule has 0 aromatic heterocycles. The number of benzene rings is 8. The molecule has 8 aromatic carbocycles. The summed E-state index contributed by atoms with van der Waals surface area (Å²) in [6, 6.07) is 51.1. The lowest BCUT2D eigenvalue weighted by atomic mass is 9.32. The third-order valence-electron chi connectivity index (χ3n) is 12.1. The Balaban J connectivity index is 1.17. The number of nitrogens with zero attached hydrogens (tertiary/aromatic N) is 2. The lowest BCUT2D eigenvalue weighted by Crippen LogP contribution is -2.62. The average molecular weight is 690 g/mol. The molecule has 54 heavy (non-hydrogen) atoms. The van der Waals surface area contributed by atoms with Crippen molar-refractivity contribution in [1.29, 1.82) is 0 Å². The van der Waals surface area contributed by atoms with Gasteiger partial charge in [0.2, 0.25) is 0 Å². The van der Waals surface area contributed by atoms with Gasteiger partial charge in [-0.3, -0.25) is 0 Å². The molecule has 0 aliphatic carbocycles. The van der Waals surface area contributed by atoms with E-state index in [4.69, 9.17) is 18.9 Å². The van der Waals surface area contributed by atoms with E-state index >= 15 is 0 Å². The number of rotatable bonds is 2. The molecule has 0 spiro atoms. The van der Waals surface area contributed by atoms with Crippen molar-refractivity contribution in [3.63, 3.8) is 0 Å². The summed E-state index contributed by atoms with van der Waals surface area (Å²) < 4.78 is 27.5. The second kappa shape index (κ2) is 9.48. The largest absolute Gasteiger partial charge is 0.458 e. The maximum absolute atomic E-state index is 7.19. The van der Waals surface area contributed by atoms with Gasteiger partial charge in [-0.15, -0.1) is 0 Å². The molecule has 8 heteroatoms. The zero-order valence-electron chi connectivity index (χ0n) is 28.5. The van der Waals surface area contributed by atoms with Crippen molar-refractivity contribution in [2.24, 2.45) is 0 Å². The average Bonchev–Trinajstić information content (AvgIpc) is 3.22. The molecule has 0 unspecified atom stereocenters. The minimum Gasteiger partial charge on any atom is -0.458 e. The topological polar surface area (TPSA) is 43.4 Å². The molecule has 0 saturated heterocycles. The van der Waals surface area contributed by atoms with Gasteiger partial charge in [0.05, 0.1) is 5.69 Å². The van der Waals surface area contributed by atoms with Crippen LogP contribution < -0.4 is 61.5 Å². The Morgan fingerprint density at radius 2 is 0.815 bits per heavy atom. The van der Waals surface area contributed by atoms with Crippen LogP contribution in [0, 0.1) is 0 Å². The lowest BCUT2D eigenvalue weighted by molar-refractivity contribution is 0.462. The molecule has 0 amide bonds. The van der Waals surface area contributed by atoms with Crippen LogP contribution in [0.1, 0.15) is 0 Å². The molecule has 0 N–H and O–H groups in total. The highest BCUT2D eigenvalue weighted by Crippen LogP contribution is 2.53. The highest BCUT2D eigenvalue weighted by atomic mass is 16.5. The van der Waals surface area contributed by atoms with E-state index in [0.717, 1.165) is 124 Å². The summed E-state index contributed by atoms with van der Waals surface area (Å²) in [5.74, 6) is 6.75. The first-order valence-electron chi connectivity index (χ1n) is 18.4. The highest BCUT2D eigenvalue weighted by molar-refractivity contribution is 7.02. The first kappa shape index (κ1) is 27.6. The van der Waals surface area contributed by atoms with Gasteiger partial charge >= 0.3 is 0 Å². The fourth-order valence-electron chi connectivity index (χ4n) is 10.1. The van der Waals surface area contributed by atoms with Gasteiger partial charge in [0.15, 0.2) is 0 Å². The Hall–Kier alpha value is -7.05. The van der Waals surface area contributed by atoms with E-state index in [1.165, 1.54) is 0 Å². The molecule has 0 atom stereocenters.